The predicted octanol–water partition coefficient (Wildman–Crippen LogP) is 4.85. The normalized spacial score (nSPS) is 20.4. The average Bonchev–Trinajstić information content (AvgIpc) is 2.88. The molecule has 0 aliphatic heterocycles. The SMILES string of the molecule is CCCNC(c1ccc(CC)o1)C1(C)CCCCC1. The molecule has 1 atom stereocenters. The van der Waals surface area contributed by atoms with Gasteiger partial charge in [-0.2, -0.15) is 0 Å². The number of hydrogen-bond acceptors (Lipinski definition) is 2. The van der Waals surface area contributed by atoms with Gasteiger partial charge in [0, 0.05) is 6.42 Å². The molecule has 2 rings (SSSR count). The molecule has 1 fully saturated rings. The molecule has 0 aromatic carbocycles. The van der Waals surface area contributed by atoms with Crippen LogP contribution in [0, 0.1) is 5.41 Å². The Bertz CT molecular complexity index is 376. The highest BCUT2D eigenvalue weighted by molar-refractivity contribution is 5.14. The maximum atomic E-state index is 6.05. The Morgan fingerprint density at radius 1 is 1.21 bits per heavy atom. The Kier molecular flexibility index (Phi) is 5.09. The van der Waals surface area contributed by atoms with E-state index in [1.54, 1.807) is 0 Å². The number of aryl methyl sites for hydroxylation is 1. The molecule has 1 aliphatic carbocycles. The van der Waals surface area contributed by atoms with E-state index in [0.717, 1.165) is 24.5 Å². The minimum atomic E-state index is 0.357. The van der Waals surface area contributed by atoms with Gasteiger partial charge >= 0.3 is 0 Å². The Hall–Kier alpha value is -0.760. The van der Waals surface area contributed by atoms with E-state index in [2.05, 4.69) is 38.2 Å². The van der Waals surface area contributed by atoms with Gasteiger partial charge in [-0.25, -0.2) is 0 Å². The fraction of sp³-hybridized carbons (Fsp3) is 0.765. The first-order valence-corrected chi connectivity index (χ1v) is 8.01. The summed E-state index contributed by atoms with van der Waals surface area (Å²) in [5, 5.41) is 3.74. The summed E-state index contributed by atoms with van der Waals surface area (Å²) in [5.41, 5.74) is 0.357. The van der Waals surface area contributed by atoms with Crippen LogP contribution in [0.5, 0.6) is 0 Å². The first-order chi connectivity index (χ1) is 9.19. The van der Waals surface area contributed by atoms with Gasteiger partial charge in [0.25, 0.3) is 0 Å². The third-order valence-corrected chi connectivity index (χ3v) is 4.61. The van der Waals surface area contributed by atoms with Crippen LogP contribution in [0.4, 0.5) is 0 Å². The number of nitrogens with one attached hydrogen (secondary N) is 1. The molecule has 1 aromatic rings. The third kappa shape index (κ3) is 3.42. The molecule has 1 saturated carbocycles. The van der Waals surface area contributed by atoms with E-state index in [4.69, 9.17) is 4.42 Å². The zero-order valence-electron chi connectivity index (χ0n) is 12.8. The summed E-state index contributed by atoms with van der Waals surface area (Å²) in [4.78, 5) is 0. The standard InChI is InChI=1S/C17H29NO/c1-4-13-18-16(15-10-9-14(5-2)19-15)17(3)11-7-6-8-12-17/h9-10,16,18H,4-8,11-13H2,1-3H3. The first-order valence-electron chi connectivity index (χ1n) is 8.01. The predicted molar refractivity (Wildman–Crippen MR) is 80.3 cm³/mol. The molecular formula is C17H29NO. The quantitative estimate of drug-likeness (QED) is 0.793. The lowest BCUT2D eigenvalue weighted by Gasteiger charge is -2.40. The summed E-state index contributed by atoms with van der Waals surface area (Å²) in [7, 11) is 0. The van der Waals surface area contributed by atoms with Gasteiger partial charge in [0.2, 0.25) is 0 Å². The third-order valence-electron chi connectivity index (χ3n) is 4.61. The van der Waals surface area contributed by atoms with Gasteiger partial charge in [-0.05, 0) is 43.4 Å². The molecule has 1 heterocycles. The first kappa shape index (κ1) is 14.6. The van der Waals surface area contributed by atoms with Gasteiger partial charge in [0.05, 0.1) is 6.04 Å². The second kappa shape index (κ2) is 6.60. The van der Waals surface area contributed by atoms with Crippen LogP contribution in [-0.2, 0) is 6.42 Å². The van der Waals surface area contributed by atoms with Crippen LogP contribution in [-0.4, -0.2) is 6.54 Å². The Balaban J connectivity index is 2.18. The average molecular weight is 263 g/mol. The van der Waals surface area contributed by atoms with Crippen molar-refractivity contribution in [3.05, 3.63) is 23.7 Å². The molecule has 0 amide bonds. The topological polar surface area (TPSA) is 25.2 Å². The summed E-state index contributed by atoms with van der Waals surface area (Å²) in [6.45, 7) is 7.89. The van der Waals surface area contributed by atoms with E-state index in [0.29, 0.717) is 11.5 Å². The van der Waals surface area contributed by atoms with Crippen molar-refractivity contribution in [1.82, 2.24) is 5.32 Å². The maximum Gasteiger partial charge on any atom is 0.121 e. The van der Waals surface area contributed by atoms with Gasteiger partial charge in [-0.1, -0.05) is 40.0 Å². The fourth-order valence-corrected chi connectivity index (χ4v) is 3.37. The molecule has 108 valence electrons. The van der Waals surface area contributed by atoms with Crippen molar-refractivity contribution in [2.75, 3.05) is 6.54 Å². The molecule has 0 saturated heterocycles. The number of hydrogen-bond donors (Lipinski definition) is 1. The van der Waals surface area contributed by atoms with E-state index in [-0.39, 0.29) is 0 Å². The molecule has 2 heteroatoms. The van der Waals surface area contributed by atoms with Crippen LogP contribution in [0.2, 0.25) is 0 Å². The van der Waals surface area contributed by atoms with Crippen molar-refractivity contribution in [3.8, 4) is 0 Å². The van der Waals surface area contributed by atoms with Crippen LogP contribution >= 0.6 is 0 Å². The monoisotopic (exact) mass is 263 g/mol. The van der Waals surface area contributed by atoms with E-state index >= 15 is 0 Å². The van der Waals surface area contributed by atoms with Crippen LogP contribution in [0.3, 0.4) is 0 Å². The molecule has 0 bridgehead atoms. The van der Waals surface area contributed by atoms with Gasteiger partial charge < -0.3 is 9.73 Å². The zero-order valence-corrected chi connectivity index (χ0v) is 12.8. The van der Waals surface area contributed by atoms with Crippen LogP contribution < -0.4 is 5.32 Å². The molecule has 1 aliphatic rings. The van der Waals surface area contributed by atoms with Crippen molar-refractivity contribution in [3.63, 3.8) is 0 Å². The molecular weight excluding hydrogens is 234 g/mol. The van der Waals surface area contributed by atoms with Crippen LogP contribution in [0.1, 0.15) is 76.9 Å². The van der Waals surface area contributed by atoms with E-state index in [9.17, 15) is 0 Å². The fourth-order valence-electron chi connectivity index (χ4n) is 3.37. The highest BCUT2D eigenvalue weighted by Gasteiger charge is 2.37. The van der Waals surface area contributed by atoms with Crippen molar-refractivity contribution >= 4 is 0 Å². The Labute approximate surface area is 118 Å². The van der Waals surface area contributed by atoms with Gasteiger partial charge in [0.1, 0.15) is 11.5 Å². The summed E-state index contributed by atoms with van der Waals surface area (Å²) in [6.07, 6.45) is 8.91. The van der Waals surface area contributed by atoms with E-state index in [1.807, 2.05) is 0 Å². The summed E-state index contributed by atoms with van der Waals surface area (Å²) in [6, 6.07) is 4.71. The lowest BCUT2D eigenvalue weighted by Crippen LogP contribution is -2.38. The number of rotatable bonds is 6. The van der Waals surface area contributed by atoms with Gasteiger partial charge in [0.15, 0.2) is 0 Å². The molecule has 2 nitrogen and oxygen atoms in total. The summed E-state index contributed by atoms with van der Waals surface area (Å²) < 4.78 is 6.05. The highest BCUT2D eigenvalue weighted by atomic mass is 16.3. The second-order valence-corrected chi connectivity index (χ2v) is 6.26. The minimum Gasteiger partial charge on any atom is -0.464 e. The van der Waals surface area contributed by atoms with Crippen molar-refractivity contribution in [2.24, 2.45) is 5.41 Å². The molecule has 0 radical (unpaired) electrons. The van der Waals surface area contributed by atoms with Crippen LogP contribution in [0.15, 0.2) is 16.5 Å². The molecule has 0 spiro atoms. The summed E-state index contributed by atoms with van der Waals surface area (Å²) in [5.74, 6) is 2.26. The summed E-state index contributed by atoms with van der Waals surface area (Å²) >= 11 is 0. The second-order valence-electron chi connectivity index (χ2n) is 6.26. The van der Waals surface area contributed by atoms with E-state index < -0.39 is 0 Å². The molecule has 1 unspecified atom stereocenters. The lowest BCUT2D eigenvalue weighted by atomic mass is 9.70. The van der Waals surface area contributed by atoms with Crippen molar-refractivity contribution < 1.29 is 4.42 Å². The smallest absolute Gasteiger partial charge is 0.121 e. The highest BCUT2D eigenvalue weighted by Crippen LogP contribution is 2.46. The number of furan rings is 1. The van der Waals surface area contributed by atoms with Crippen LogP contribution in [0.25, 0.3) is 0 Å². The Morgan fingerprint density at radius 2 is 1.95 bits per heavy atom. The van der Waals surface area contributed by atoms with Gasteiger partial charge in [-0.15, -0.1) is 0 Å². The molecule has 19 heavy (non-hydrogen) atoms. The lowest BCUT2D eigenvalue weighted by molar-refractivity contribution is 0.128. The molecule has 1 N–H and O–H groups in total. The van der Waals surface area contributed by atoms with Crippen molar-refractivity contribution in [1.29, 1.82) is 0 Å². The van der Waals surface area contributed by atoms with E-state index in [1.165, 1.54) is 38.5 Å². The maximum absolute atomic E-state index is 6.05. The molecule has 1 aromatic heterocycles. The minimum absolute atomic E-state index is 0.357. The Morgan fingerprint density at radius 3 is 2.53 bits per heavy atom. The van der Waals surface area contributed by atoms with Gasteiger partial charge in [-0.3, -0.25) is 0 Å². The van der Waals surface area contributed by atoms with Crippen molar-refractivity contribution in [2.45, 2.75) is 71.8 Å². The zero-order chi connectivity index (χ0) is 13.7. The largest absolute Gasteiger partial charge is 0.464 e.